The van der Waals surface area contributed by atoms with Crippen LogP contribution in [0.2, 0.25) is 0 Å². The highest BCUT2D eigenvalue weighted by molar-refractivity contribution is 9.10. The Labute approximate surface area is 99.7 Å². The van der Waals surface area contributed by atoms with Crippen molar-refractivity contribution in [2.24, 2.45) is 0 Å². The molecule has 2 aromatic heterocycles. The number of nitrogens with zero attached hydrogens (tertiary/aromatic N) is 2. The molecule has 0 aliphatic carbocycles. The minimum Gasteiger partial charge on any atom is -0.268 e. The van der Waals surface area contributed by atoms with Crippen LogP contribution in [-0.4, -0.2) is 9.55 Å². The first-order chi connectivity index (χ1) is 7.58. The van der Waals surface area contributed by atoms with E-state index in [1.165, 1.54) is 16.7 Å². The quantitative estimate of drug-likeness (QED) is 0.805. The minimum atomic E-state index is -0.427. The fraction of sp³-hybridized carbons (Fsp3) is 0.0909. The molecule has 2 aromatic rings. The van der Waals surface area contributed by atoms with E-state index in [0.717, 1.165) is 11.8 Å². The molecule has 0 fully saturated rings. The van der Waals surface area contributed by atoms with E-state index in [0.29, 0.717) is 10.3 Å². The average Bonchev–Trinajstić information content (AvgIpc) is 2.25. The van der Waals surface area contributed by atoms with E-state index < -0.39 is 5.82 Å². The van der Waals surface area contributed by atoms with Crippen molar-refractivity contribution in [3.63, 3.8) is 0 Å². The van der Waals surface area contributed by atoms with Gasteiger partial charge in [0.2, 0.25) is 0 Å². The van der Waals surface area contributed by atoms with Gasteiger partial charge in [-0.25, -0.2) is 9.37 Å². The Kier molecular flexibility index (Phi) is 2.87. The molecular formula is C11H8BrFN2O. The summed E-state index contributed by atoms with van der Waals surface area (Å²) in [4.78, 5) is 15.6. The largest absolute Gasteiger partial charge is 0.270 e. The lowest BCUT2D eigenvalue weighted by molar-refractivity contribution is 0.620. The fourth-order valence-corrected chi connectivity index (χ4v) is 1.91. The van der Waals surface area contributed by atoms with Gasteiger partial charge in [-0.05, 0) is 46.6 Å². The molecule has 82 valence electrons. The second-order valence-electron chi connectivity index (χ2n) is 3.38. The Morgan fingerprint density at radius 2 is 2.19 bits per heavy atom. The SMILES string of the molecule is Cc1cc(Br)c(=O)n(-c2ccc(F)cn2)c1. The first-order valence-corrected chi connectivity index (χ1v) is 5.38. The van der Waals surface area contributed by atoms with E-state index in [1.54, 1.807) is 12.3 Å². The molecule has 5 heteroatoms. The van der Waals surface area contributed by atoms with Gasteiger partial charge in [0.25, 0.3) is 5.56 Å². The minimum absolute atomic E-state index is 0.218. The molecule has 16 heavy (non-hydrogen) atoms. The predicted octanol–water partition coefficient (Wildman–Crippen LogP) is 2.44. The summed E-state index contributed by atoms with van der Waals surface area (Å²) in [5, 5.41) is 0. The van der Waals surface area contributed by atoms with Crippen LogP contribution in [0.15, 0.2) is 39.9 Å². The average molecular weight is 283 g/mol. The lowest BCUT2D eigenvalue weighted by Gasteiger charge is -2.06. The predicted molar refractivity (Wildman–Crippen MR) is 62.2 cm³/mol. The molecule has 0 radical (unpaired) electrons. The van der Waals surface area contributed by atoms with E-state index in [4.69, 9.17) is 0 Å². The van der Waals surface area contributed by atoms with Gasteiger partial charge in [-0.2, -0.15) is 0 Å². The standard InChI is InChI=1S/C11H8BrFN2O/c1-7-4-9(12)11(16)15(6-7)10-3-2-8(13)5-14-10/h2-6H,1H3. The van der Waals surface area contributed by atoms with Gasteiger partial charge in [-0.3, -0.25) is 9.36 Å². The zero-order valence-corrected chi connectivity index (χ0v) is 10.0. The third-order valence-corrected chi connectivity index (χ3v) is 2.64. The number of rotatable bonds is 1. The summed E-state index contributed by atoms with van der Waals surface area (Å²) in [7, 11) is 0. The summed E-state index contributed by atoms with van der Waals surface area (Å²) < 4.78 is 14.5. The summed E-state index contributed by atoms with van der Waals surface area (Å²) in [5.74, 6) is -0.0284. The second-order valence-corrected chi connectivity index (χ2v) is 4.23. The first kappa shape index (κ1) is 11.0. The van der Waals surface area contributed by atoms with Gasteiger partial charge in [0.1, 0.15) is 11.6 Å². The number of hydrogen-bond acceptors (Lipinski definition) is 2. The van der Waals surface area contributed by atoms with E-state index in [1.807, 2.05) is 6.92 Å². The monoisotopic (exact) mass is 282 g/mol. The molecule has 3 nitrogen and oxygen atoms in total. The maximum Gasteiger partial charge on any atom is 0.270 e. The highest BCUT2D eigenvalue weighted by Gasteiger charge is 2.05. The van der Waals surface area contributed by atoms with Gasteiger partial charge in [0.05, 0.1) is 10.7 Å². The highest BCUT2D eigenvalue weighted by atomic mass is 79.9. The van der Waals surface area contributed by atoms with Gasteiger partial charge in [-0.1, -0.05) is 0 Å². The van der Waals surface area contributed by atoms with Crippen LogP contribution in [0.3, 0.4) is 0 Å². The third kappa shape index (κ3) is 2.04. The zero-order valence-electron chi connectivity index (χ0n) is 8.45. The Morgan fingerprint density at radius 1 is 1.44 bits per heavy atom. The third-order valence-electron chi connectivity index (χ3n) is 2.07. The van der Waals surface area contributed by atoms with Crippen molar-refractivity contribution in [1.29, 1.82) is 0 Å². The summed E-state index contributed by atoms with van der Waals surface area (Å²) >= 11 is 3.17. The molecule has 0 saturated carbocycles. The Hall–Kier alpha value is -1.49. The van der Waals surface area contributed by atoms with Crippen molar-refractivity contribution in [2.45, 2.75) is 6.92 Å². The van der Waals surface area contributed by atoms with E-state index in [-0.39, 0.29) is 5.56 Å². The van der Waals surface area contributed by atoms with Crippen molar-refractivity contribution in [3.05, 3.63) is 56.8 Å². The molecule has 0 unspecified atom stereocenters. The van der Waals surface area contributed by atoms with Crippen molar-refractivity contribution < 1.29 is 4.39 Å². The smallest absolute Gasteiger partial charge is 0.268 e. The van der Waals surface area contributed by atoms with Gasteiger partial charge in [0.15, 0.2) is 0 Å². The lowest BCUT2D eigenvalue weighted by atomic mass is 10.3. The maximum atomic E-state index is 12.7. The van der Waals surface area contributed by atoms with Crippen LogP contribution in [0.1, 0.15) is 5.56 Å². The molecular weight excluding hydrogens is 275 g/mol. The molecule has 0 aromatic carbocycles. The molecule has 0 bridgehead atoms. The summed E-state index contributed by atoms with van der Waals surface area (Å²) in [6, 6.07) is 4.45. The van der Waals surface area contributed by atoms with Crippen LogP contribution in [0.25, 0.3) is 5.82 Å². The summed E-state index contributed by atoms with van der Waals surface area (Å²) in [5.41, 5.74) is 0.697. The van der Waals surface area contributed by atoms with Gasteiger partial charge in [0, 0.05) is 6.20 Å². The number of pyridine rings is 2. The molecule has 2 rings (SSSR count). The zero-order chi connectivity index (χ0) is 11.7. The van der Waals surface area contributed by atoms with E-state index in [2.05, 4.69) is 20.9 Å². The molecule has 0 N–H and O–H groups in total. The van der Waals surface area contributed by atoms with Gasteiger partial charge < -0.3 is 0 Å². The molecule has 0 spiro atoms. The van der Waals surface area contributed by atoms with E-state index in [9.17, 15) is 9.18 Å². The molecule has 0 aliphatic heterocycles. The highest BCUT2D eigenvalue weighted by Crippen LogP contribution is 2.09. The summed E-state index contributed by atoms with van der Waals surface area (Å²) in [6.45, 7) is 1.87. The fourth-order valence-electron chi connectivity index (χ4n) is 1.36. The van der Waals surface area contributed by atoms with Crippen LogP contribution in [0, 0.1) is 12.7 Å². The Morgan fingerprint density at radius 3 is 2.81 bits per heavy atom. The lowest BCUT2D eigenvalue weighted by Crippen LogP contribution is -2.19. The van der Waals surface area contributed by atoms with Crippen molar-refractivity contribution in [3.8, 4) is 5.82 Å². The van der Waals surface area contributed by atoms with Gasteiger partial charge in [-0.15, -0.1) is 0 Å². The maximum absolute atomic E-state index is 12.7. The Bertz CT molecular complexity index is 578. The van der Waals surface area contributed by atoms with Crippen LogP contribution in [0.5, 0.6) is 0 Å². The first-order valence-electron chi connectivity index (χ1n) is 4.58. The molecule has 2 heterocycles. The number of aryl methyl sites for hydroxylation is 1. The van der Waals surface area contributed by atoms with Crippen molar-refractivity contribution in [2.75, 3.05) is 0 Å². The normalized spacial score (nSPS) is 10.4. The number of aromatic nitrogens is 2. The van der Waals surface area contributed by atoms with Crippen LogP contribution < -0.4 is 5.56 Å². The Balaban J connectivity index is 2.64. The number of halogens is 2. The number of hydrogen-bond donors (Lipinski definition) is 0. The van der Waals surface area contributed by atoms with E-state index >= 15 is 0 Å². The van der Waals surface area contributed by atoms with Crippen molar-refractivity contribution >= 4 is 15.9 Å². The second kappa shape index (κ2) is 4.17. The molecule has 0 saturated heterocycles. The van der Waals surface area contributed by atoms with Crippen LogP contribution in [0.4, 0.5) is 4.39 Å². The molecule has 0 atom stereocenters. The van der Waals surface area contributed by atoms with Crippen molar-refractivity contribution in [1.82, 2.24) is 9.55 Å². The summed E-state index contributed by atoms with van der Waals surface area (Å²) in [6.07, 6.45) is 2.74. The molecule has 0 amide bonds. The van der Waals surface area contributed by atoms with Crippen LogP contribution >= 0.6 is 15.9 Å². The molecule has 0 aliphatic rings. The van der Waals surface area contributed by atoms with Crippen LogP contribution in [-0.2, 0) is 0 Å². The topological polar surface area (TPSA) is 34.9 Å². The van der Waals surface area contributed by atoms with Gasteiger partial charge >= 0.3 is 0 Å².